The molecule has 1 aromatic heterocycles. The summed E-state index contributed by atoms with van der Waals surface area (Å²) in [4.78, 5) is 10.9. The number of hydrogen-bond acceptors (Lipinski definition) is 3. The lowest BCUT2D eigenvalue weighted by Crippen LogP contribution is -2.03. The highest BCUT2D eigenvalue weighted by molar-refractivity contribution is 5.86. The van der Waals surface area contributed by atoms with Gasteiger partial charge in [0.05, 0.1) is 5.69 Å². The van der Waals surface area contributed by atoms with Gasteiger partial charge in [-0.3, -0.25) is 0 Å². The van der Waals surface area contributed by atoms with Gasteiger partial charge in [0.25, 0.3) is 0 Å². The van der Waals surface area contributed by atoms with Crippen molar-refractivity contribution in [2.24, 2.45) is 0 Å². The van der Waals surface area contributed by atoms with Crippen molar-refractivity contribution in [1.29, 1.82) is 0 Å². The Bertz CT molecular complexity index is 543. The van der Waals surface area contributed by atoms with Crippen molar-refractivity contribution in [3.8, 4) is 5.69 Å². The zero-order valence-electron chi connectivity index (χ0n) is 9.64. The lowest BCUT2D eigenvalue weighted by molar-refractivity contribution is 0.0690. The van der Waals surface area contributed by atoms with Crippen LogP contribution in [0, 0.1) is 6.92 Å². The Morgan fingerprint density at radius 2 is 2.00 bits per heavy atom. The van der Waals surface area contributed by atoms with E-state index in [9.17, 15) is 4.79 Å². The minimum Gasteiger partial charge on any atom is -0.476 e. The number of nitrogens with zero attached hydrogens (tertiary/aromatic N) is 2. The second-order valence-corrected chi connectivity index (χ2v) is 3.72. The molecule has 0 aliphatic rings. The van der Waals surface area contributed by atoms with Gasteiger partial charge >= 0.3 is 5.97 Å². The number of rotatable bonds is 3. The van der Waals surface area contributed by atoms with Gasteiger partial charge in [-0.15, -0.1) is 0 Å². The topological polar surface area (TPSA) is 67.2 Å². The Hall–Kier alpha value is -2.30. The standard InChI is InChI=1S/C12H13N3O2/c1-8-3-5-9(6-4-8)15-11(13-2)7-10(14-15)12(16)17/h3-7,13H,1-2H3,(H,16,17). The van der Waals surface area contributed by atoms with Crippen molar-refractivity contribution in [3.63, 3.8) is 0 Å². The van der Waals surface area contributed by atoms with Gasteiger partial charge in [0.1, 0.15) is 5.82 Å². The highest BCUT2D eigenvalue weighted by atomic mass is 16.4. The van der Waals surface area contributed by atoms with Crippen LogP contribution in [0.25, 0.3) is 5.69 Å². The Labute approximate surface area is 98.7 Å². The Morgan fingerprint density at radius 1 is 1.35 bits per heavy atom. The van der Waals surface area contributed by atoms with Gasteiger partial charge in [-0.05, 0) is 19.1 Å². The molecule has 5 heteroatoms. The molecule has 0 aliphatic heterocycles. The molecule has 1 heterocycles. The Morgan fingerprint density at radius 3 is 2.53 bits per heavy atom. The molecule has 88 valence electrons. The lowest BCUT2D eigenvalue weighted by atomic mass is 10.2. The smallest absolute Gasteiger partial charge is 0.356 e. The number of carboxylic acids is 1. The summed E-state index contributed by atoms with van der Waals surface area (Å²) >= 11 is 0. The van der Waals surface area contributed by atoms with E-state index in [1.54, 1.807) is 11.7 Å². The molecule has 0 bridgehead atoms. The predicted octanol–water partition coefficient (Wildman–Crippen LogP) is 1.92. The zero-order valence-corrected chi connectivity index (χ0v) is 9.64. The first kappa shape index (κ1) is 11.2. The van der Waals surface area contributed by atoms with E-state index in [1.165, 1.54) is 6.07 Å². The number of nitrogens with one attached hydrogen (secondary N) is 1. The van der Waals surface area contributed by atoms with E-state index in [0.717, 1.165) is 11.3 Å². The number of benzene rings is 1. The molecule has 2 aromatic rings. The molecule has 0 aliphatic carbocycles. The summed E-state index contributed by atoms with van der Waals surface area (Å²) < 4.78 is 1.57. The molecule has 0 radical (unpaired) electrons. The molecule has 0 atom stereocenters. The largest absolute Gasteiger partial charge is 0.476 e. The van der Waals surface area contributed by atoms with E-state index in [1.807, 2.05) is 31.2 Å². The lowest BCUT2D eigenvalue weighted by Gasteiger charge is -2.06. The van der Waals surface area contributed by atoms with Gasteiger partial charge in [-0.25, -0.2) is 9.48 Å². The molecular formula is C12H13N3O2. The molecule has 0 fully saturated rings. The summed E-state index contributed by atoms with van der Waals surface area (Å²) in [5.41, 5.74) is 1.99. The van der Waals surface area contributed by atoms with Crippen LogP contribution in [-0.2, 0) is 0 Å². The number of hydrogen-bond donors (Lipinski definition) is 2. The van der Waals surface area contributed by atoms with E-state index in [-0.39, 0.29) is 5.69 Å². The first-order valence-electron chi connectivity index (χ1n) is 5.20. The van der Waals surface area contributed by atoms with Gasteiger partial charge in [-0.1, -0.05) is 17.7 Å². The third-order valence-electron chi connectivity index (χ3n) is 2.46. The highest BCUT2D eigenvalue weighted by Gasteiger charge is 2.13. The molecule has 0 saturated heterocycles. The maximum atomic E-state index is 10.9. The van der Waals surface area contributed by atoms with E-state index in [4.69, 9.17) is 5.11 Å². The van der Waals surface area contributed by atoms with E-state index in [0.29, 0.717) is 5.82 Å². The van der Waals surface area contributed by atoms with Gasteiger partial charge < -0.3 is 10.4 Å². The van der Waals surface area contributed by atoms with Crippen molar-refractivity contribution < 1.29 is 9.90 Å². The minimum absolute atomic E-state index is 0.0231. The van der Waals surface area contributed by atoms with Crippen LogP contribution in [0.5, 0.6) is 0 Å². The van der Waals surface area contributed by atoms with E-state index >= 15 is 0 Å². The Kier molecular flexibility index (Phi) is 2.82. The van der Waals surface area contributed by atoms with Crippen LogP contribution in [0.3, 0.4) is 0 Å². The third kappa shape index (κ3) is 2.13. The maximum Gasteiger partial charge on any atom is 0.356 e. The Balaban J connectivity index is 2.50. The van der Waals surface area contributed by atoms with Crippen molar-refractivity contribution in [3.05, 3.63) is 41.6 Å². The SMILES string of the molecule is CNc1cc(C(=O)O)nn1-c1ccc(C)cc1. The van der Waals surface area contributed by atoms with Crippen LogP contribution in [0.1, 0.15) is 16.1 Å². The van der Waals surface area contributed by atoms with Crippen LogP contribution in [-0.4, -0.2) is 27.9 Å². The molecule has 2 rings (SSSR count). The fourth-order valence-corrected chi connectivity index (χ4v) is 1.55. The quantitative estimate of drug-likeness (QED) is 0.846. The normalized spacial score (nSPS) is 10.2. The fraction of sp³-hybridized carbons (Fsp3) is 0.167. The maximum absolute atomic E-state index is 10.9. The summed E-state index contributed by atoms with van der Waals surface area (Å²) in [6.07, 6.45) is 0. The second-order valence-electron chi connectivity index (χ2n) is 3.72. The molecule has 5 nitrogen and oxygen atoms in total. The molecule has 0 spiro atoms. The minimum atomic E-state index is -1.03. The van der Waals surface area contributed by atoms with Crippen LogP contribution >= 0.6 is 0 Å². The molecule has 1 aromatic carbocycles. The fourth-order valence-electron chi connectivity index (χ4n) is 1.55. The second kappa shape index (κ2) is 4.29. The van der Waals surface area contributed by atoms with Gasteiger partial charge in [0.2, 0.25) is 0 Å². The van der Waals surface area contributed by atoms with Crippen molar-refractivity contribution in [2.75, 3.05) is 12.4 Å². The number of aromatic nitrogens is 2. The molecule has 17 heavy (non-hydrogen) atoms. The average molecular weight is 231 g/mol. The first-order chi connectivity index (χ1) is 8.11. The molecule has 0 saturated carbocycles. The number of anilines is 1. The number of carboxylic acid groups (broad SMARTS) is 1. The summed E-state index contributed by atoms with van der Waals surface area (Å²) in [5, 5.41) is 15.9. The van der Waals surface area contributed by atoms with E-state index in [2.05, 4.69) is 10.4 Å². The molecule has 0 amide bonds. The monoisotopic (exact) mass is 231 g/mol. The van der Waals surface area contributed by atoms with Crippen LogP contribution in [0.4, 0.5) is 5.82 Å². The summed E-state index contributed by atoms with van der Waals surface area (Å²) in [5.74, 6) is -0.390. The van der Waals surface area contributed by atoms with Crippen LogP contribution in [0.2, 0.25) is 0 Å². The third-order valence-corrected chi connectivity index (χ3v) is 2.46. The number of aryl methyl sites for hydroxylation is 1. The summed E-state index contributed by atoms with van der Waals surface area (Å²) in [7, 11) is 1.73. The highest BCUT2D eigenvalue weighted by Crippen LogP contribution is 2.17. The summed E-state index contributed by atoms with van der Waals surface area (Å²) in [6, 6.07) is 9.21. The van der Waals surface area contributed by atoms with Crippen molar-refractivity contribution in [1.82, 2.24) is 9.78 Å². The van der Waals surface area contributed by atoms with Crippen molar-refractivity contribution >= 4 is 11.8 Å². The van der Waals surface area contributed by atoms with Gasteiger partial charge in [0, 0.05) is 13.1 Å². The van der Waals surface area contributed by atoms with Gasteiger partial charge in [-0.2, -0.15) is 5.10 Å². The van der Waals surface area contributed by atoms with Crippen LogP contribution < -0.4 is 5.32 Å². The van der Waals surface area contributed by atoms with E-state index < -0.39 is 5.97 Å². The van der Waals surface area contributed by atoms with Crippen LogP contribution in [0.15, 0.2) is 30.3 Å². The number of aromatic carboxylic acids is 1. The molecule has 2 N–H and O–H groups in total. The number of carbonyl (C=O) groups is 1. The average Bonchev–Trinajstić information content (AvgIpc) is 2.74. The zero-order chi connectivity index (χ0) is 12.4. The summed E-state index contributed by atoms with van der Waals surface area (Å²) in [6.45, 7) is 1.99. The predicted molar refractivity (Wildman–Crippen MR) is 64.8 cm³/mol. The first-order valence-corrected chi connectivity index (χ1v) is 5.20. The van der Waals surface area contributed by atoms with Gasteiger partial charge in [0.15, 0.2) is 5.69 Å². The van der Waals surface area contributed by atoms with Crippen molar-refractivity contribution in [2.45, 2.75) is 6.92 Å². The molecule has 0 unspecified atom stereocenters. The molecular weight excluding hydrogens is 218 g/mol.